The number of nitrogens with one attached hydrogen (secondary N) is 4. The highest BCUT2D eigenvalue weighted by atomic mass is 15.2. The fourth-order valence-electron chi connectivity index (χ4n) is 6.11. The number of rotatable bonds is 7. The van der Waals surface area contributed by atoms with Crippen LogP contribution in [-0.4, -0.2) is 56.3 Å². The molecule has 0 bridgehead atoms. The Balaban J connectivity index is 1.17. The summed E-state index contributed by atoms with van der Waals surface area (Å²) in [6.07, 6.45) is 12.7. The van der Waals surface area contributed by atoms with E-state index in [1.165, 1.54) is 32.1 Å². The van der Waals surface area contributed by atoms with Crippen molar-refractivity contribution < 1.29 is 0 Å². The number of nitrogens with zero attached hydrogens (tertiary/aromatic N) is 5. The largest absolute Gasteiger partial charge is 0.358 e. The second kappa shape index (κ2) is 10.7. The molecule has 2 saturated heterocycles. The smallest absolute Gasteiger partial charge is 0.137 e. The van der Waals surface area contributed by atoms with Gasteiger partial charge in [-0.1, -0.05) is 6.58 Å². The SMILES string of the molecule is C=C(CC1CCNCC1)Nc1cncc(-c2ccc3[nH]nc(-c4cc5c(N6CCCCC6)nccc5[nH]4)c3n2)c1. The van der Waals surface area contributed by atoms with E-state index >= 15 is 0 Å². The third kappa shape index (κ3) is 4.93. The van der Waals surface area contributed by atoms with Crippen molar-refractivity contribution in [2.75, 3.05) is 36.4 Å². The molecule has 0 aromatic carbocycles. The Labute approximate surface area is 233 Å². The molecule has 5 aromatic heterocycles. The summed E-state index contributed by atoms with van der Waals surface area (Å²) < 4.78 is 0. The molecular weight excluding hydrogens is 498 g/mol. The summed E-state index contributed by atoms with van der Waals surface area (Å²) in [7, 11) is 0. The van der Waals surface area contributed by atoms with Gasteiger partial charge in [-0.2, -0.15) is 5.10 Å². The summed E-state index contributed by atoms with van der Waals surface area (Å²) in [5, 5.41) is 15.8. The average molecular weight is 534 g/mol. The normalized spacial score (nSPS) is 16.6. The lowest BCUT2D eigenvalue weighted by atomic mass is 9.93. The number of anilines is 2. The average Bonchev–Trinajstić information content (AvgIpc) is 3.62. The molecule has 7 rings (SSSR count). The highest BCUT2D eigenvalue weighted by Gasteiger charge is 2.19. The van der Waals surface area contributed by atoms with Gasteiger partial charge in [0, 0.05) is 42.1 Å². The van der Waals surface area contributed by atoms with Crippen LogP contribution in [0.4, 0.5) is 11.5 Å². The van der Waals surface area contributed by atoms with Crippen LogP contribution in [-0.2, 0) is 0 Å². The number of aromatic amines is 2. The first kappa shape index (κ1) is 24.8. The molecule has 7 heterocycles. The first-order chi connectivity index (χ1) is 19.7. The highest BCUT2D eigenvalue weighted by Crippen LogP contribution is 2.33. The molecule has 0 atom stereocenters. The van der Waals surface area contributed by atoms with E-state index in [1.54, 1.807) is 0 Å². The van der Waals surface area contributed by atoms with E-state index in [2.05, 4.69) is 54.4 Å². The van der Waals surface area contributed by atoms with E-state index in [1.807, 2.05) is 36.8 Å². The zero-order valence-corrected chi connectivity index (χ0v) is 22.7. The Hall–Kier alpha value is -4.24. The highest BCUT2D eigenvalue weighted by molar-refractivity contribution is 5.98. The molecule has 0 unspecified atom stereocenters. The van der Waals surface area contributed by atoms with Crippen molar-refractivity contribution in [3.05, 3.63) is 61.2 Å². The summed E-state index contributed by atoms with van der Waals surface area (Å²) in [5.41, 5.74) is 8.27. The number of allylic oxidation sites excluding steroid dienone is 1. The van der Waals surface area contributed by atoms with Gasteiger partial charge in [0.05, 0.1) is 34.3 Å². The number of piperidine rings is 2. The molecule has 204 valence electrons. The van der Waals surface area contributed by atoms with Gasteiger partial charge in [0.1, 0.15) is 17.0 Å². The van der Waals surface area contributed by atoms with E-state index in [0.717, 1.165) is 94.4 Å². The quantitative estimate of drug-likeness (QED) is 0.207. The van der Waals surface area contributed by atoms with Crippen LogP contribution < -0.4 is 15.5 Å². The van der Waals surface area contributed by atoms with Gasteiger partial charge in [-0.05, 0) is 87.9 Å². The molecule has 40 heavy (non-hydrogen) atoms. The molecule has 4 N–H and O–H groups in total. The zero-order valence-electron chi connectivity index (χ0n) is 22.7. The Morgan fingerprint density at radius 3 is 2.77 bits per heavy atom. The van der Waals surface area contributed by atoms with E-state index < -0.39 is 0 Å². The minimum absolute atomic E-state index is 0.678. The van der Waals surface area contributed by atoms with Gasteiger partial charge in [0.15, 0.2) is 0 Å². The first-order valence-electron chi connectivity index (χ1n) is 14.4. The first-order valence-corrected chi connectivity index (χ1v) is 14.4. The second-order valence-electron chi connectivity index (χ2n) is 11.1. The number of hydrogen-bond acceptors (Lipinski definition) is 7. The number of H-pyrrole nitrogens is 2. The number of fused-ring (bicyclic) bond motifs is 2. The standard InChI is InChI=1S/C31H35N9/c1-20(15-21-7-10-32-11-8-21)35-23-16-22(18-33-19-23)25-5-6-27-29(37-25)30(39-38-27)28-17-24-26(36-28)9-12-34-31(24)40-13-3-2-4-14-40/h5-6,9,12,16-19,21,32,35-36H,1-4,7-8,10-11,13-15H2,(H,38,39). The second-order valence-corrected chi connectivity index (χ2v) is 11.1. The summed E-state index contributed by atoms with van der Waals surface area (Å²) >= 11 is 0. The maximum Gasteiger partial charge on any atom is 0.137 e. The van der Waals surface area contributed by atoms with Crippen molar-refractivity contribution in [1.29, 1.82) is 0 Å². The van der Waals surface area contributed by atoms with Gasteiger partial charge in [-0.25, -0.2) is 9.97 Å². The van der Waals surface area contributed by atoms with Gasteiger partial charge in [0.25, 0.3) is 0 Å². The molecule has 5 aromatic rings. The van der Waals surface area contributed by atoms with Crippen LogP contribution in [0.5, 0.6) is 0 Å². The monoisotopic (exact) mass is 533 g/mol. The van der Waals surface area contributed by atoms with Gasteiger partial charge in [-0.15, -0.1) is 0 Å². The Bertz CT molecular complexity index is 1650. The molecule has 2 fully saturated rings. The van der Waals surface area contributed by atoms with Crippen LogP contribution in [0.25, 0.3) is 44.6 Å². The lowest BCUT2D eigenvalue weighted by Crippen LogP contribution is -2.30. The Morgan fingerprint density at radius 2 is 1.90 bits per heavy atom. The molecule has 0 saturated carbocycles. The van der Waals surface area contributed by atoms with Crippen molar-refractivity contribution in [2.45, 2.75) is 38.5 Å². The lowest BCUT2D eigenvalue weighted by molar-refractivity contribution is 0.373. The predicted octanol–water partition coefficient (Wildman–Crippen LogP) is 5.87. The van der Waals surface area contributed by atoms with Crippen LogP contribution in [0.15, 0.2) is 61.2 Å². The van der Waals surface area contributed by atoms with Crippen molar-refractivity contribution in [3.8, 4) is 22.6 Å². The van der Waals surface area contributed by atoms with Crippen LogP contribution in [0.2, 0.25) is 0 Å². The van der Waals surface area contributed by atoms with Crippen molar-refractivity contribution >= 4 is 33.4 Å². The third-order valence-electron chi connectivity index (χ3n) is 8.19. The molecule has 0 radical (unpaired) electrons. The molecular formula is C31H35N9. The summed E-state index contributed by atoms with van der Waals surface area (Å²) in [6.45, 7) is 8.57. The molecule has 9 heteroatoms. The predicted molar refractivity (Wildman–Crippen MR) is 161 cm³/mol. The minimum Gasteiger partial charge on any atom is -0.358 e. The van der Waals surface area contributed by atoms with E-state index in [-0.39, 0.29) is 0 Å². The van der Waals surface area contributed by atoms with Crippen LogP contribution in [0.3, 0.4) is 0 Å². The maximum absolute atomic E-state index is 5.04. The Morgan fingerprint density at radius 1 is 1.02 bits per heavy atom. The fraction of sp³-hybridized carbons (Fsp3) is 0.355. The van der Waals surface area contributed by atoms with E-state index in [4.69, 9.17) is 9.97 Å². The number of hydrogen-bond donors (Lipinski definition) is 4. The minimum atomic E-state index is 0.678. The third-order valence-corrected chi connectivity index (χ3v) is 8.19. The fourth-order valence-corrected chi connectivity index (χ4v) is 6.11. The molecule has 0 spiro atoms. The van der Waals surface area contributed by atoms with Crippen molar-refractivity contribution in [3.63, 3.8) is 0 Å². The van der Waals surface area contributed by atoms with Gasteiger partial charge in [0.2, 0.25) is 0 Å². The summed E-state index contributed by atoms with van der Waals surface area (Å²) in [6, 6.07) is 10.3. The summed E-state index contributed by atoms with van der Waals surface area (Å²) in [5.74, 6) is 1.72. The maximum atomic E-state index is 5.04. The van der Waals surface area contributed by atoms with Crippen LogP contribution in [0, 0.1) is 5.92 Å². The topological polar surface area (TPSA) is 110 Å². The lowest BCUT2D eigenvalue weighted by Gasteiger charge is -2.28. The zero-order chi connectivity index (χ0) is 26.9. The molecule has 0 amide bonds. The van der Waals surface area contributed by atoms with Gasteiger partial charge < -0.3 is 20.5 Å². The van der Waals surface area contributed by atoms with E-state index in [0.29, 0.717) is 5.92 Å². The van der Waals surface area contributed by atoms with Crippen molar-refractivity contribution in [1.82, 2.24) is 35.5 Å². The van der Waals surface area contributed by atoms with Crippen LogP contribution >= 0.6 is 0 Å². The number of aromatic nitrogens is 6. The molecule has 2 aliphatic heterocycles. The number of pyridine rings is 3. The van der Waals surface area contributed by atoms with Crippen LogP contribution in [0.1, 0.15) is 38.5 Å². The van der Waals surface area contributed by atoms with Gasteiger partial charge in [-0.3, -0.25) is 10.1 Å². The van der Waals surface area contributed by atoms with Gasteiger partial charge >= 0.3 is 0 Å². The molecule has 9 nitrogen and oxygen atoms in total. The molecule has 2 aliphatic rings. The van der Waals surface area contributed by atoms with Crippen molar-refractivity contribution in [2.24, 2.45) is 5.92 Å². The van der Waals surface area contributed by atoms with E-state index in [9.17, 15) is 0 Å². The molecule has 0 aliphatic carbocycles. The Kier molecular flexibility index (Phi) is 6.65. The summed E-state index contributed by atoms with van der Waals surface area (Å²) in [4.78, 5) is 20.2.